The number of ether oxygens (including phenoxy) is 1. The highest BCUT2D eigenvalue weighted by Gasteiger charge is 2.35. The third kappa shape index (κ3) is 4.47. The number of carbonyl (C=O) groups excluding carboxylic acids is 1. The monoisotopic (exact) mass is 391 g/mol. The molecule has 1 aliphatic rings. The lowest BCUT2D eigenvalue weighted by Crippen LogP contribution is -2.34. The van der Waals surface area contributed by atoms with Crippen LogP contribution < -0.4 is 16.6 Å². The molecule has 150 valence electrons. The number of aromatic nitrogens is 2. The standard InChI is InChI=1S/C18H21N3O7/c22-9-14-13(24)7-16(28-14)21-8-12(17(26)20-18(21)27)19-15(25)6-3-10-1-4-11(23)5-2-10/h1-2,4-5,8,13-14,16,22-24H,3,6-7,9H2,(H,19,25)(H,20,26,27)/t13?,14-,16-/m0/s1. The maximum atomic E-state index is 12.2. The number of phenols is 1. The third-order valence-corrected chi connectivity index (χ3v) is 4.51. The van der Waals surface area contributed by atoms with Gasteiger partial charge >= 0.3 is 5.69 Å². The highest BCUT2D eigenvalue weighted by atomic mass is 16.5. The number of aromatic hydroxyl groups is 1. The molecule has 5 N–H and O–H groups in total. The first kappa shape index (κ1) is 19.8. The van der Waals surface area contributed by atoms with Crippen molar-refractivity contribution >= 4 is 11.6 Å². The maximum Gasteiger partial charge on any atom is 0.330 e. The Hall–Kier alpha value is -2.95. The van der Waals surface area contributed by atoms with Gasteiger partial charge in [-0.05, 0) is 24.1 Å². The predicted molar refractivity (Wildman–Crippen MR) is 98.0 cm³/mol. The number of amides is 1. The van der Waals surface area contributed by atoms with Crippen molar-refractivity contribution in [2.45, 2.75) is 37.7 Å². The number of aliphatic hydroxyl groups is 2. The van der Waals surface area contributed by atoms with Crippen molar-refractivity contribution in [1.82, 2.24) is 9.55 Å². The van der Waals surface area contributed by atoms with Crippen molar-refractivity contribution in [2.24, 2.45) is 0 Å². The van der Waals surface area contributed by atoms with Crippen LogP contribution in [0.5, 0.6) is 5.75 Å². The van der Waals surface area contributed by atoms with Gasteiger partial charge in [0.25, 0.3) is 5.56 Å². The minimum absolute atomic E-state index is 0.0609. The SMILES string of the molecule is O=C(CCc1ccc(O)cc1)Nc1cn([C@@H]2CC(O)[C@H](CO)O2)c(=O)[nH]c1=O. The summed E-state index contributed by atoms with van der Waals surface area (Å²) >= 11 is 0. The van der Waals surface area contributed by atoms with E-state index in [4.69, 9.17) is 9.84 Å². The van der Waals surface area contributed by atoms with Crippen LogP contribution in [-0.2, 0) is 16.0 Å². The Labute approximate surface area is 159 Å². The van der Waals surface area contributed by atoms with Crippen molar-refractivity contribution in [3.8, 4) is 5.75 Å². The topological polar surface area (TPSA) is 154 Å². The number of H-pyrrole nitrogens is 1. The molecule has 2 heterocycles. The first-order chi connectivity index (χ1) is 13.4. The van der Waals surface area contributed by atoms with Gasteiger partial charge in [0.15, 0.2) is 0 Å². The Kier molecular flexibility index (Phi) is 5.93. The number of hydrogen-bond donors (Lipinski definition) is 5. The molecule has 1 aromatic carbocycles. The Balaban J connectivity index is 1.70. The molecule has 1 aliphatic heterocycles. The van der Waals surface area contributed by atoms with Crippen molar-refractivity contribution in [2.75, 3.05) is 11.9 Å². The summed E-state index contributed by atoms with van der Waals surface area (Å²) in [5.41, 5.74) is -0.782. The number of benzene rings is 1. The molecule has 1 saturated heterocycles. The molecule has 0 radical (unpaired) electrons. The van der Waals surface area contributed by atoms with Gasteiger partial charge in [0, 0.05) is 19.0 Å². The lowest BCUT2D eigenvalue weighted by Gasteiger charge is -2.15. The normalized spacial score (nSPS) is 21.6. The summed E-state index contributed by atoms with van der Waals surface area (Å²) in [4.78, 5) is 38.3. The van der Waals surface area contributed by atoms with Gasteiger partial charge in [-0.15, -0.1) is 0 Å². The molecular weight excluding hydrogens is 370 g/mol. The molecule has 3 rings (SSSR count). The van der Waals surface area contributed by atoms with Crippen LogP contribution in [0.2, 0.25) is 0 Å². The number of hydrogen-bond acceptors (Lipinski definition) is 7. The molecule has 0 saturated carbocycles. The lowest BCUT2D eigenvalue weighted by molar-refractivity contribution is -0.116. The smallest absolute Gasteiger partial charge is 0.330 e. The van der Waals surface area contributed by atoms with Crippen LogP contribution in [-0.4, -0.2) is 49.6 Å². The minimum atomic E-state index is -0.947. The fourth-order valence-electron chi connectivity index (χ4n) is 2.97. The van der Waals surface area contributed by atoms with Gasteiger partial charge in [0.05, 0.1) is 12.7 Å². The fourth-order valence-corrected chi connectivity index (χ4v) is 2.97. The molecule has 2 aromatic rings. The van der Waals surface area contributed by atoms with E-state index >= 15 is 0 Å². The van der Waals surface area contributed by atoms with Crippen LogP contribution in [0.15, 0.2) is 40.1 Å². The molecule has 10 nitrogen and oxygen atoms in total. The molecule has 0 spiro atoms. The van der Waals surface area contributed by atoms with Crippen LogP contribution in [0.1, 0.15) is 24.6 Å². The van der Waals surface area contributed by atoms with Crippen LogP contribution in [0.25, 0.3) is 0 Å². The van der Waals surface area contributed by atoms with Crippen LogP contribution >= 0.6 is 0 Å². The Morgan fingerprint density at radius 1 is 1.29 bits per heavy atom. The number of anilines is 1. The van der Waals surface area contributed by atoms with E-state index in [1.165, 1.54) is 12.1 Å². The van der Waals surface area contributed by atoms with Gasteiger partial charge in [-0.3, -0.25) is 19.1 Å². The van der Waals surface area contributed by atoms with Gasteiger partial charge in [-0.25, -0.2) is 4.79 Å². The fraction of sp³-hybridized carbons (Fsp3) is 0.389. The first-order valence-electron chi connectivity index (χ1n) is 8.75. The third-order valence-electron chi connectivity index (χ3n) is 4.51. The summed E-state index contributed by atoms with van der Waals surface area (Å²) in [6.45, 7) is -0.406. The van der Waals surface area contributed by atoms with E-state index in [0.29, 0.717) is 6.42 Å². The first-order valence-corrected chi connectivity index (χ1v) is 8.75. The predicted octanol–water partition coefficient (Wildman–Crippen LogP) is -0.546. The summed E-state index contributed by atoms with van der Waals surface area (Å²) in [5.74, 6) is -0.297. The minimum Gasteiger partial charge on any atom is -0.508 e. The molecule has 0 bridgehead atoms. The maximum absolute atomic E-state index is 12.2. The van der Waals surface area contributed by atoms with E-state index in [9.17, 15) is 24.6 Å². The highest BCUT2D eigenvalue weighted by Crippen LogP contribution is 2.27. The average molecular weight is 391 g/mol. The molecule has 10 heteroatoms. The summed E-state index contributed by atoms with van der Waals surface area (Å²) in [6.07, 6.45) is -0.926. The van der Waals surface area contributed by atoms with E-state index in [1.807, 2.05) is 0 Å². The van der Waals surface area contributed by atoms with Gasteiger partial charge in [0.2, 0.25) is 5.91 Å². The number of phenolic OH excluding ortho intramolecular Hbond substituents is 1. The van der Waals surface area contributed by atoms with E-state index < -0.39 is 42.2 Å². The average Bonchev–Trinajstić information content (AvgIpc) is 3.04. The van der Waals surface area contributed by atoms with Crippen LogP contribution in [0, 0.1) is 0 Å². The number of nitrogens with zero attached hydrogens (tertiary/aromatic N) is 1. The molecular formula is C18H21N3O7. The van der Waals surface area contributed by atoms with Crippen molar-refractivity contribution in [3.05, 3.63) is 56.9 Å². The summed E-state index contributed by atoms with van der Waals surface area (Å²) < 4.78 is 6.48. The van der Waals surface area contributed by atoms with Gasteiger partial charge in [-0.1, -0.05) is 12.1 Å². The summed E-state index contributed by atoms with van der Waals surface area (Å²) in [5, 5.41) is 30.7. The number of nitrogens with one attached hydrogen (secondary N) is 2. The van der Waals surface area contributed by atoms with E-state index in [-0.39, 0.29) is 24.3 Å². The van der Waals surface area contributed by atoms with E-state index in [2.05, 4.69) is 10.3 Å². The second kappa shape index (κ2) is 8.38. The number of aryl methyl sites for hydroxylation is 1. The molecule has 1 aromatic heterocycles. The van der Waals surface area contributed by atoms with E-state index in [0.717, 1.165) is 16.3 Å². The largest absolute Gasteiger partial charge is 0.508 e. The second-order valence-electron chi connectivity index (χ2n) is 6.54. The second-order valence-corrected chi connectivity index (χ2v) is 6.54. The molecule has 28 heavy (non-hydrogen) atoms. The Morgan fingerprint density at radius 3 is 2.64 bits per heavy atom. The van der Waals surface area contributed by atoms with Crippen LogP contribution in [0.3, 0.4) is 0 Å². The molecule has 1 unspecified atom stereocenters. The quantitative estimate of drug-likeness (QED) is 0.443. The van der Waals surface area contributed by atoms with Crippen LogP contribution in [0.4, 0.5) is 5.69 Å². The number of carbonyl (C=O) groups is 1. The number of aromatic amines is 1. The molecule has 1 fully saturated rings. The van der Waals surface area contributed by atoms with Crippen molar-refractivity contribution in [1.29, 1.82) is 0 Å². The zero-order valence-corrected chi connectivity index (χ0v) is 14.9. The number of aliphatic hydroxyl groups excluding tert-OH is 2. The Morgan fingerprint density at radius 2 is 2.00 bits per heavy atom. The molecule has 1 amide bonds. The van der Waals surface area contributed by atoms with Gasteiger partial charge < -0.3 is 25.4 Å². The van der Waals surface area contributed by atoms with Crippen molar-refractivity contribution in [3.63, 3.8) is 0 Å². The number of rotatable bonds is 6. The zero-order chi connectivity index (χ0) is 20.3. The Bertz CT molecular complexity index is 951. The van der Waals surface area contributed by atoms with Gasteiger partial charge in [0.1, 0.15) is 23.8 Å². The summed E-state index contributed by atoms with van der Waals surface area (Å²) in [7, 11) is 0. The molecule has 0 aliphatic carbocycles. The van der Waals surface area contributed by atoms with E-state index in [1.54, 1.807) is 12.1 Å². The molecule has 3 atom stereocenters. The highest BCUT2D eigenvalue weighted by molar-refractivity contribution is 5.90. The van der Waals surface area contributed by atoms with Gasteiger partial charge in [-0.2, -0.15) is 0 Å². The summed E-state index contributed by atoms with van der Waals surface area (Å²) in [6, 6.07) is 6.42. The lowest BCUT2D eigenvalue weighted by atomic mass is 10.1. The van der Waals surface area contributed by atoms with Crippen molar-refractivity contribution < 1.29 is 24.9 Å². The zero-order valence-electron chi connectivity index (χ0n) is 14.9.